The first-order valence-electron chi connectivity index (χ1n) is 7.01. The van der Waals surface area contributed by atoms with E-state index in [0.717, 1.165) is 30.4 Å². The average molecular weight is 396 g/mol. The Labute approximate surface area is 150 Å². The van der Waals surface area contributed by atoms with Gasteiger partial charge in [0.1, 0.15) is 5.82 Å². The van der Waals surface area contributed by atoms with E-state index in [4.69, 9.17) is 28.9 Å². The zero-order valence-electron chi connectivity index (χ0n) is 12.5. The van der Waals surface area contributed by atoms with Crippen molar-refractivity contribution in [3.05, 3.63) is 74.8 Å². The van der Waals surface area contributed by atoms with Gasteiger partial charge in [0.2, 0.25) is 0 Å². The minimum Gasteiger partial charge on any atom is -0.326 e. The second kappa shape index (κ2) is 7.72. The minimum atomic E-state index is -4.67. The maximum atomic E-state index is 13.7. The highest BCUT2D eigenvalue weighted by Gasteiger charge is 2.39. The van der Waals surface area contributed by atoms with E-state index < -0.39 is 33.8 Å². The van der Waals surface area contributed by atoms with Crippen LogP contribution in [0.3, 0.4) is 0 Å². The van der Waals surface area contributed by atoms with Gasteiger partial charge in [0.15, 0.2) is 5.82 Å². The summed E-state index contributed by atoms with van der Waals surface area (Å²) in [6.45, 7) is -0.0203. The zero-order chi connectivity index (χ0) is 18.8. The molecular weight excluding hydrogens is 384 g/mol. The quantitative estimate of drug-likeness (QED) is 0.491. The maximum Gasteiger partial charge on any atom is 0.399 e. The van der Waals surface area contributed by atoms with Crippen molar-refractivity contribution in [3.63, 3.8) is 0 Å². The Bertz CT molecular complexity index is 779. The lowest BCUT2D eigenvalue weighted by Gasteiger charge is -2.18. The number of hydrogen-bond donors (Lipinski definition) is 1. The molecule has 134 valence electrons. The molecule has 2 aromatic rings. The van der Waals surface area contributed by atoms with Gasteiger partial charge >= 0.3 is 6.18 Å². The van der Waals surface area contributed by atoms with Crippen LogP contribution in [0.5, 0.6) is 0 Å². The van der Waals surface area contributed by atoms with Gasteiger partial charge in [-0.15, -0.1) is 0 Å². The molecule has 0 aliphatic rings. The predicted octanol–water partition coefficient (Wildman–Crippen LogP) is 6.09. The Morgan fingerprint density at radius 1 is 1.04 bits per heavy atom. The largest absolute Gasteiger partial charge is 0.399 e. The molecule has 2 N–H and O–H groups in total. The molecule has 0 aromatic heterocycles. The smallest absolute Gasteiger partial charge is 0.326 e. The monoisotopic (exact) mass is 395 g/mol. The third kappa shape index (κ3) is 4.71. The van der Waals surface area contributed by atoms with E-state index in [2.05, 4.69) is 0 Å². The van der Waals surface area contributed by atoms with Crippen LogP contribution >= 0.6 is 23.2 Å². The van der Waals surface area contributed by atoms with Gasteiger partial charge in [-0.2, -0.15) is 13.2 Å². The van der Waals surface area contributed by atoms with E-state index >= 15 is 0 Å². The number of hydrogen-bond acceptors (Lipinski definition) is 1. The Kier molecular flexibility index (Phi) is 6.08. The molecule has 1 atom stereocenters. The first-order chi connectivity index (χ1) is 11.6. The Morgan fingerprint density at radius 2 is 1.64 bits per heavy atom. The number of allylic oxidation sites excluding steroid dienone is 1. The summed E-state index contributed by atoms with van der Waals surface area (Å²) in [7, 11) is 0. The zero-order valence-corrected chi connectivity index (χ0v) is 14.1. The molecule has 0 spiro atoms. The lowest BCUT2D eigenvalue weighted by atomic mass is 9.96. The highest BCUT2D eigenvalue weighted by Crippen LogP contribution is 2.39. The van der Waals surface area contributed by atoms with Gasteiger partial charge in [0.25, 0.3) is 0 Å². The molecule has 0 aliphatic carbocycles. The molecule has 1 nitrogen and oxygen atoms in total. The van der Waals surface area contributed by atoms with Gasteiger partial charge in [-0.3, -0.25) is 0 Å². The topological polar surface area (TPSA) is 26.0 Å². The third-order valence-corrected chi connectivity index (χ3v) is 4.05. The molecule has 0 fully saturated rings. The van der Waals surface area contributed by atoms with Crippen molar-refractivity contribution in [1.29, 1.82) is 0 Å². The highest BCUT2D eigenvalue weighted by molar-refractivity contribution is 6.35. The van der Waals surface area contributed by atoms with E-state index in [1.54, 1.807) is 0 Å². The van der Waals surface area contributed by atoms with Crippen LogP contribution in [0.1, 0.15) is 22.6 Å². The molecule has 0 saturated heterocycles. The van der Waals surface area contributed by atoms with Gasteiger partial charge < -0.3 is 5.73 Å². The molecule has 0 aliphatic heterocycles. The van der Waals surface area contributed by atoms with E-state index in [1.807, 2.05) is 0 Å². The fraction of sp³-hybridized carbons (Fsp3) is 0.176. The van der Waals surface area contributed by atoms with Crippen LogP contribution in [-0.2, 0) is 6.54 Å². The maximum absolute atomic E-state index is 13.7. The van der Waals surface area contributed by atoms with Gasteiger partial charge in [-0.25, -0.2) is 8.78 Å². The van der Waals surface area contributed by atoms with Crippen molar-refractivity contribution in [2.45, 2.75) is 18.6 Å². The molecular formula is C17H12Cl2F5N. The van der Waals surface area contributed by atoms with Crippen molar-refractivity contribution >= 4 is 29.3 Å². The molecule has 25 heavy (non-hydrogen) atoms. The highest BCUT2D eigenvalue weighted by atomic mass is 35.5. The number of rotatable bonds is 4. The fourth-order valence-corrected chi connectivity index (χ4v) is 2.71. The number of halogens is 7. The molecule has 8 heteroatoms. The summed E-state index contributed by atoms with van der Waals surface area (Å²) in [6, 6.07) is 5.65. The summed E-state index contributed by atoms with van der Waals surface area (Å²) in [5, 5.41) is -1.02. The summed E-state index contributed by atoms with van der Waals surface area (Å²) in [5.74, 6) is -3.68. The number of alkyl halides is 3. The second-order valence-electron chi connectivity index (χ2n) is 5.23. The molecule has 1 unspecified atom stereocenters. The van der Waals surface area contributed by atoms with E-state index in [1.165, 1.54) is 12.1 Å². The van der Waals surface area contributed by atoms with Crippen molar-refractivity contribution < 1.29 is 22.0 Å². The lowest BCUT2D eigenvalue weighted by Crippen LogP contribution is -2.19. The average Bonchev–Trinajstić information content (AvgIpc) is 2.51. The fourth-order valence-electron chi connectivity index (χ4n) is 2.20. The number of nitrogens with two attached hydrogens (primary N) is 1. The second-order valence-corrected chi connectivity index (χ2v) is 6.05. The van der Waals surface area contributed by atoms with Crippen molar-refractivity contribution in [1.82, 2.24) is 0 Å². The van der Waals surface area contributed by atoms with E-state index in [9.17, 15) is 22.0 Å². The van der Waals surface area contributed by atoms with Gasteiger partial charge in [0.05, 0.1) is 16.0 Å². The SMILES string of the molecule is NCc1ccc(C=CC(c2cc(Cl)c(F)c(Cl)c2)C(F)(F)F)cc1F. The van der Waals surface area contributed by atoms with Crippen molar-refractivity contribution in [3.8, 4) is 0 Å². The molecule has 0 saturated carbocycles. The summed E-state index contributed by atoms with van der Waals surface area (Å²) in [4.78, 5) is 0. The summed E-state index contributed by atoms with van der Waals surface area (Å²) < 4.78 is 67.1. The van der Waals surface area contributed by atoms with Crippen LogP contribution in [0.4, 0.5) is 22.0 Å². The van der Waals surface area contributed by atoms with Crippen LogP contribution in [-0.4, -0.2) is 6.18 Å². The predicted molar refractivity (Wildman–Crippen MR) is 88.5 cm³/mol. The van der Waals surface area contributed by atoms with Gasteiger partial charge in [0, 0.05) is 12.1 Å². The molecule has 2 aromatic carbocycles. The van der Waals surface area contributed by atoms with Gasteiger partial charge in [-0.1, -0.05) is 47.5 Å². The van der Waals surface area contributed by atoms with E-state index in [0.29, 0.717) is 0 Å². The summed E-state index contributed by atoms with van der Waals surface area (Å²) >= 11 is 11.1. The summed E-state index contributed by atoms with van der Waals surface area (Å²) in [6.07, 6.45) is -2.72. The standard InChI is InChI=1S/C17H12Cl2F5N/c18-13-6-11(7-14(19)16(13)21)12(17(22,23)24)4-2-9-1-3-10(8-25)15(20)5-9/h1-7,12H,8,25H2. The molecule has 0 amide bonds. The normalized spacial score (nSPS) is 13.4. The van der Waals surface area contributed by atoms with E-state index in [-0.39, 0.29) is 23.2 Å². The molecule has 2 rings (SSSR count). The third-order valence-electron chi connectivity index (χ3n) is 3.50. The Balaban J connectivity index is 2.41. The summed E-state index contributed by atoms with van der Waals surface area (Å²) in [5.41, 5.74) is 5.49. The molecule has 0 radical (unpaired) electrons. The molecule has 0 bridgehead atoms. The van der Waals surface area contributed by atoms with Crippen LogP contribution in [0, 0.1) is 11.6 Å². The Morgan fingerprint density at radius 3 is 2.12 bits per heavy atom. The van der Waals surface area contributed by atoms with Crippen molar-refractivity contribution in [2.75, 3.05) is 0 Å². The van der Waals surface area contributed by atoms with Crippen LogP contribution in [0.25, 0.3) is 6.08 Å². The molecule has 0 heterocycles. The van der Waals surface area contributed by atoms with Crippen molar-refractivity contribution in [2.24, 2.45) is 5.73 Å². The van der Waals surface area contributed by atoms with Crippen LogP contribution < -0.4 is 5.73 Å². The minimum absolute atomic E-state index is 0.0203. The van der Waals surface area contributed by atoms with Crippen LogP contribution in [0.15, 0.2) is 36.4 Å². The number of benzene rings is 2. The van der Waals surface area contributed by atoms with Gasteiger partial charge in [-0.05, 0) is 29.3 Å². The van der Waals surface area contributed by atoms with Crippen LogP contribution in [0.2, 0.25) is 10.0 Å². The first kappa shape index (κ1) is 19.7. The Hall–Kier alpha value is -1.63. The first-order valence-corrected chi connectivity index (χ1v) is 7.77. The lowest BCUT2D eigenvalue weighted by molar-refractivity contribution is -0.139.